The van der Waals surface area contributed by atoms with Gasteiger partial charge in [-0.15, -0.1) is 11.8 Å². The summed E-state index contributed by atoms with van der Waals surface area (Å²) in [6.07, 6.45) is 2.13. The van der Waals surface area contributed by atoms with E-state index in [0.717, 1.165) is 21.5 Å². The standard InChI is InChI=1S/C13H14N2O2S/c1-17-12(16)6-8-18-11-5-4-10(14)9-3-2-7-15-13(9)11/h2-5,7H,6,8,14H2,1H3. The van der Waals surface area contributed by atoms with E-state index in [4.69, 9.17) is 5.73 Å². The Morgan fingerprint density at radius 3 is 3.06 bits per heavy atom. The van der Waals surface area contributed by atoms with Crippen molar-refractivity contribution >= 4 is 34.3 Å². The summed E-state index contributed by atoms with van der Waals surface area (Å²) in [5, 5.41) is 0.945. The van der Waals surface area contributed by atoms with Crippen molar-refractivity contribution in [2.24, 2.45) is 0 Å². The van der Waals surface area contributed by atoms with Gasteiger partial charge >= 0.3 is 5.97 Å². The summed E-state index contributed by atoms with van der Waals surface area (Å²) in [6.45, 7) is 0. The predicted octanol–water partition coefficient (Wildman–Crippen LogP) is 2.47. The molecule has 0 radical (unpaired) electrons. The lowest BCUT2D eigenvalue weighted by Gasteiger charge is -2.07. The SMILES string of the molecule is COC(=O)CCSc1ccc(N)c2cccnc12. The number of nitrogen functional groups attached to an aromatic ring is 1. The summed E-state index contributed by atoms with van der Waals surface area (Å²) in [7, 11) is 1.40. The molecule has 0 fully saturated rings. The number of ether oxygens (including phenoxy) is 1. The first-order valence-corrected chi connectivity index (χ1v) is 6.53. The van der Waals surface area contributed by atoms with E-state index in [2.05, 4.69) is 9.72 Å². The molecule has 1 aromatic carbocycles. The maximum absolute atomic E-state index is 11.0. The molecule has 5 heteroatoms. The molecule has 0 saturated heterocycles. The van der Waals surface area contributed by atoms with Crippen LogP contribution in [0.1, 0.15) is 6.42 Å². The first kappa shape index (κ1) is 12.7. The fourth-order valence-corrected chi connectivity index (χ4v) is 2.58. The molecule has 4 nitrogen and oxygen atoms in total. The molecule has 2 aromatic rings. The van der Waals surface area contributed by atoms with Crippen molar-refractivity contribution in [3.05, 3.63) is 30.5 Å². The van der Waals surface area contributed by atoms with Crippen LogP contribution in [0.2, 0.25) is 0 Å². The smallest absolute Gasteiger partial charge is 0.306 e. The van der Waals surface area contributed by atoms with Crippen molar-refractivity contribution in [1.29, 1.82) is 0 Å². The van der Waals surface area contributed by atoms with Crippen molar-refractivity contribution in [1.82, 2.24) is 4.98 Å². The van der Waals surface area contributed by atoms with Crippen LogP contribution in [-0.2, 0) is 9.53 Å². The number of aromatic nitrogens is 1. The van der Waals surface area contributed by atoms with Crippen molar-refractivity contribution in [3.63, 3.8) is 0 Å². The third-order valence-electron chi connectivity index (χ3n) is 2.56. The van der Waals surface area contributed by atoms with Crippen LogP contribution in [-0.4, -0.2) is 23.8 Å². The number of benzene rings is 1. The number of carbonyl (C=O) groups excluding carboxylic acids is 1. The fraction of sp³-hybridized carbons (Fsp3) is 0.231. The Morgan fingerprint density at radius 1 is 1.44 bits per heavy atom. The molecular weight excluding hydrogens is 248 g/mol. The Bertz CT molecular complexity index is 572. The number of hydrogen-bond donors (Lipinski definition) is 1. The van der Waals surface area contributed by atoms with E-state index in [0.29, 0.717) is 12.2 Å². The summed E-state index contributed by atoms with van der Waals surface area (Å²) in [6, 6.07) is 7.61. The molecule has 0 atom stereocenters. The molecule has 0 aliphatic rings. The third kappa shape index (κ3) is 2.73. The molecule has 0 spiro atoms. The van der Waals surface area contributed by atoms with E-state index < -0.39 is 0 Å². The zero-order valence-electron chi connectivity index (χ0n) is 10.1. The topological polar surface area (TPSA) is 65.2 Å². The average Bonchev–Trinajstić information content (AvgIpc) is 2.41. The van der Waals surface area contributed by atoms with Crippen LogP contribution in [0.15, 0.2) is 35.4 Å². The maximum Gasteiger partial charge on any atom is 0.306 e. The Labute approximate surface area is 110 Å². The highest BCUT2D eigenvalue weighted by molar-refractivity contribution is 7.99. The number of esters is 1. The molecule has 0 bridgehead atoms. The van der Waals surface area contributed by atoms with Gasteiger partial charge < -0.3 is 10.5 Å². The molecular formula is C13H14N2O2S. The number of methoxy groups -OCH3 is 1. The number of thioether (sulfide) groups is 1. The minimum atomic E-state index is -0.199. The fourth-order valence-electron chi connectivity index (χ4n) is 1.63. The van der Waals surface area contributed by atoms with Crippen LogP contribution < -0.4 is 5.73 Å². The minimum absolute atomic E-state index is 0.199. The zero-order valence-corrected chi connectivity index (χ0v) is 10.9. The molecule has 0 aliphatic heterocycles. The van der Waals surface area contributed by atoms with Gasteiger partial charge in [0.05, 0.1) is 19.0 Å². The lowest BCUT2D eigenvalue weighted by Crippen LogP contribution is -2.01. The van der Waals surface area contributed by atoms with Crippen LogP contribution >= 0.6 is 11.8 Å². The van der Waals surface area contributed by atoms with Gasteiger partial charge in [-0.3, -0.25) is 9.78 Å². The molecule has 2 N–H and O–H groups in total. The average molecular weight is 262 g/mol. The predicted molar refractivity (Wildman–Crippen MR) is 73.5 cm³/mol. The third-order valence-corrected chi connectivity index (χ3v) is 3.61. The Morgan fingerprint density at radius 2 is 2.28 bits per heavy atom. The second-order valence-electron chi connectivity index (χ2n) is 3.73. The number of nitrogens with zero attached hydrogens (tertiary/aromatic N) is 1. The highest BCUT2D eigenvalue weighted by Crippen LogP contribution is 2.30. The largest absolute Gasteiger partial charge is 0.469 e. The van der Waals surface area contributed by atoms with Crippen LogP contribution in [0.4, 0.5) is 5.69 Å². The Hall–Kier alpha value is -1.75. The van der Waals surface area contributed by atoms with E-state index in [1.807, 2.05) is 24.3 Å². The molecule has 1 heterocycles. The second-order valence-corrected chi connectivity index (χ2v) is 4.86. The van der Waals surface area contributed by atoms with Gasteiger partial charge in [-0.2, -0.15) is 0 Å². The molecule has 18 heavy (non-hydrogen) atoms. The molecule has 0 aliphatic carbocycles. The first-order valence-electron chi connectivity index (χ1n) is 5.55. The normalized spacial score (nSPS) is 10.5. The maximum atomic E-state index is 11.0. The second kappa shape index (κ2) is 5.73. The van der Waals surface area contributed by atoms with E-state index in [9.17, 15) is 4.79 Å². The molecule has 94 valence electrons. The van der Waals surface area contributed by atoms with E-state index in [-0.39, 0.29) is 5.97 Å². The summed E-state index contributed by atoms with van der Waals surface area (Å²) >= 11 is 1.58. The van der Waals surface area contributed by atoms with Gasteiger partial charge in [0.2, 0.25) is 0 Å². The monoisotopic (exact) mass is 262 g/mol. The number of carbonyl (C=O) groups is 1. The molecule has 0 amide bonds. The molecule has 0 unspecified atom stereocenters. The lowest BCUT2D eigenvalue weighted by molar-refractivity contribution is -0.140. The highest BCUT2D eigenvalue weighted by atomic mass is 32.2. The van der Waals surface area contributed by atoms with E-state index in [1.165, 1.54) is 7.11 Å². The number of pyridine rings is 1. The molecule has 0 saturated carbocycles. The van der Waals surface area contributed by atoms with Crippen molar-refractivity contribution in [3.8, 4) is 0 Å². The highest BCUT2D eigenvalue weighted by Gasteiger charge is 2.07. The van der Waals surface area contributed by atoms with Gasteiger partial charge in [0.25, 0.3) is 0 Å². The van der Waals surface area contributed by atoms with Crippen LogP contribution in [0.5, 0.6) is 0 Å². The van der Waals surface area contributed by atoms with E-state index in [1.54, 1.807) is 18.0 Å². The number of fused-ring (bicyclic) bond motifs is 1. The van der Waals surface area contributed by atoms with Gasteiger partial charge in [-0.05, 0) is 24.3 Å². The van der Waals surface area contributed by atoms with Crippen molar-refractivity contribution in [2.45, 2.75) is 11.3 Å². The van der Waals surface area contributed by atoms with E-state index >= 15 is 0 Å². The summed E-state index contributed by atoms with van der Waals surface area (Å²) in [4.78, 5) is 16.4. The van der Waals surface area contributed by atoms with Crippen LogP contribution in [0.25, 0.3) is 10.9 Å². The quantitative estimate of drug-likeness (QED) is 0.521. The van der Waals surface area contributed by atoms with Crippen LogP contribution in [0.3, 0.4) is 0 Å². The number of nitrogens with two attached hydrogens (primary N) is 1. The van der Waals surface area contributed by atoms with Gasteiger partial charge in [0.15, 0.2) is 0 Å². The van der Waals surface area contributed by atoms with Gasteiger partial charge in [-0.1, -0.05) is 0 Å². The Balaban J connectivity index is 2.18. The molecule has 2 rings (SSSR count). The minimum Gasteiger partial charge on any atom is -0.469 e. The van der Waals surface area contributed by atoms with Crippen molar-refractivity contribution < 1.29 is 9.53 Å². The van der Waals surface area contributed by atoms with Gasteiger partial charge in [0.1, 0.15) is 0 Å². The summed E-state index contributed by atoms with van der Waals surface area (Å²) in [5.41, 5.74) is 7.50. The van der Waals surface area contributed by atoms with Crippen molar-refractivity contribution in [2.75, 3.05) is 18.6 Å². The van der Waals surface area contributed by atoms with Gasteiger partial charge in [0, 0.05) is 27.9 Å². The molecule has 1 aromatic heterocycles. The summed E-state index contributed by atoms with van der Waals surface area (Å²) < 4.78 is 4.61. The lowest BCUT2D eigenvalue weighted by atomic mass is 10.2. The Kier molecular flexibility index (Phi) is 4.04. The van der Waals surface area contributed by atoms with Crippen LogP contribution in [0, 0.1) is 0 Å². The number of rotatable bonds is 4. The number of hydrogen-bond acceptors (Lipinski definition) is 5. The first-order chi connectivity index (χ1) is 8.72. The zero-order chi connectivity index (χ0) is 13.0. The van der Waals surface area contributed by atoms with Gasteiger partial charge in [-0.25, -0.2) is 0 Å². The summed E-state index contributed by atoms with van der Waals surface area (Å²) in [5.74, 6) is 0.470. The number of anilines is 1.